The summed E-state index contributed by atoms with van der Waals surface area (Å²) in [6.45, 7) is 3.87. The van der Waals surface area contributed by atoms with Crippen LogP contribution < -0.4 is 10.1 Å². The summed E-state index contributed by atoms with van der Waals surface area (Å²) < 4.78 is 23.7. The zero-order valence-corrected chi connectivity index (χ0v) is 10.8. The van der Waals surface area contributed by atoms with Crippen molar-refractivity contribution in [1.29, 1.82) is 0 Å². The van der Waals surface area contributed by atoms with Crippen LogP contribution in [0.5, 0.6) is 5.75 Å². The van der Waals surface area contributed by atoms with Crippen LogP contribution in [0.2, 0.25) is 5.02 Å². The maximum absolute atomic E-state index is 13.0. The van der Waals surface area contributed by atoms with Gasteiger partial charge in [-0.05, 0) is 18.7 Å². The largest absolute Gasteiger partial charge is 0.485 e. The van der Waals surface area contributed by atoms with E-state index in [1.54, 1.807) is 7.11 Å². The Labute approximate surface area is 106 Å². The number of ether oxygens (including phenoxy) is 2. The zero-order valence-electron chi connectivity index (χ0n) is 10.0. The maximum Gasteiger partial charge on any atom is 0.141 e. The Hall–Kier alpha value is -0.840. The van der Waals surface area contributed by atoms with Crippen LogP contribution in [0.3, 0.4) is 0 Å². The van der Waals surface area contributed by atoms with Gasteiger partial charge in [-0.15, -0.1) is 0 Å². The van der Waals surface area contributed by atoms with Crippen LogP contribution in [0, 0.1) is 5.82 Å². The summed E-state index contributed by atoms with van der Waals surface area (Å²) in [7, 11) is 1.59. The lowest BCUT2D eigenvalue weighted by Gasteiger charge is -2.19. The molecule has 17 heavy (non-hydrogen) atoms. The second kappa shape index (κ2) is 7.48. The van der Waals surface area contributed by atoms with Gasteiger partial charge in [0.2, 0.25) is 0 Å². The monoisotopic (exact) mass is 261 g/mol. The van der Waals surface area contributed by atoms with Crippen molar-refractivity contribution in [2.75, 3.05) is 26.8 Å². The van der Waals surface area contributed by atoms with E-state index >= 15 is 0 Å². The fourth-order valence-electron chi connectivity index (χ4n) is 1.37. The van der Waals surface area contributed by atoms with Crippen molar-refractivity contribution < 1.29 is 13.9 Å². The van der Waals surface area contributed by atoms with Crippen LogP contribution in [-0.2, 0) is 4.74 Å². The van der Waals surface area contributed by atoms with Gasteiger partial charge in [-0.2, -0.15) is 0 Å². The lowest BCUT2D eigenvalue weighted by Crippen LogP contribution is -2.34. The van der Waals surface area contributed by atoms with Crippen molar-refractivity contribution in [2.24, 2.45) is 0 Å². The molecule has 0 aliphatic heterocycles. The summed E-state index contributed by atoms with van der Waals surface area (Å²) in [5.74, 6) is -0.0318. The van der Waals surface area contributed by atoms with E-state index in [0.717, 1.165) is 6.54 Å². The molecule has 0 fully saturated rings. The van der Waals surface area contributed by atoms with Gasteiger partial charge in [0.05, 0.1) is 11.6 Å². The molecule has 1 aromatic rings. The van der Waals surface area contributed by atoms with Gasteiger partial charge < -0.3 is 14.8 Å². The van der Waals surface area contributed by atoms with Crippen molar-refractivity contribution in [3.63, 3.8) is 0 Å². The first-order chi connectivity index (χ1) is 8.17. The van der Waals surface area contributed by atoms with Gasteiger partial charge in [0.1, 0.15) is 17.7 Å². The van der Waals surface area contributed by atoms with Gasteiger partial charge in [0.25, 0.3) is 0 Å². The molecular weight excluding hydrogens is 245 g/mol. The molecule has 1 atom stereocenters. The smallest absolute Gasteiger partial charge is 0.141 e. The van der Waals surface area contributed by atoms with E-state index in [1.165, 1.54) is 18.2 Å². The summed E-state index contributed by atoms with van der Waals surface area (Å²) in [4.78, 5) is 0. The fraction of sp³-hybridized carbons (Fsp3) is 0.500. The number of rotatable bonds is 7. The van der Waals surface area contributed by atoms with Gasteiger partial charge in [0.15, 0.2) is 0 Å². The molecule has 0 amide bonds. The molecule has 0 aliphatic carbocycles. The van der Waals surface area contributed by atoms with E-state index in [9.17, 15) is 4.39 Å². The van der Waals surface area contributed by atoms with Gasteiger partial charge in [-0.25, -0.2) is 4.39 Å². The van der Waals surface area contributed by atoms with Crippen LogP contribution >= 0.6 is 11.6 Å². The van der Waals surface area contributed by atoms with Gasteiger partial charge in [-0.1, -0.05) is 18.5 Å². The topological polar surface area (TPSA) is 30.5 Å². The predicted molar refractivity (Wildman–Crippen MR) is 66.2 cm³/mol. The Morgan fingerprint density at radius 1 is 1.47 bits per heavy atom. The lowest BCUT2D eigenvalue weighted by atomic mass is 10.3. The van der Waals surface area contributed by atoms with Crippen LogP contribution in [0.4, 0.5) is 4.39 Å². The predicted octanol–water partition coefficient (Wildman–Crippen LogP) is 2.48. The molecule has 5 heteroatoms. The van der Waals surface area contributed by atoms with E-state index in [4.69, 9.17) is 21.1 Å². The first-order valence-corrected chi connectivity index (χ1v) is 5.86. The molecule has 96 valence electrons. The zero-order chi connectivity index (χ0) is 12.7. The molecule has 1 rings (SSSR count). The summed E-state index contributed by atoms with van der Waals surface area (Å²) in [5, 5.41) is 3.54. The number of methoxy groups -OCH3 is 1. The van der Waals surface area contributed by atoms with Gasteiger partial charge in [-0.3, -0.25) is 0 Å². The van der Waals surface area contributed by atoms with E-state index in [-0.39, 0.29) is 11.9 Å². The molecule has 0 aromatic heterocycles. The highest BCUT2D eigenvalue weighted by molar-refractivity contribution is 6.32. The molecule has 0 spiro atoms. The van der Waals surface area contributed by atoms with E-state index in [0.29, 0.717) is 23.9 Å². The fourth-order valence-corrected chi connectivity index (χ4v) is 1.53. The number of likely N-dealkylation sites (N-methyl/N-ethyl adjacent to an activating group) is 1. The van der Waals surface area contributed by atoms with Crippen LogP contribution in [0.1, 0.15) is 6.92 Å². The van der Waals surface area contributed by atoms with E-state index in [1.807, 2.05) is 6.92 Å². The standard InChI is InChI=1S/C12H17ClFNO2/c1-3-15-7-10(8-16-2)17-12-6-9(14)4-5-11(12)13/h4-6,10,15H,3,7-8H2,1-2H3. The first-order valence-electron chi connectivity index (χ1n) is 5.48. The third-order valence-corrected chi connectivity index (χ3v) is 2.47. The summed E-state index contributed by atoms with van der Waals surface area (Å²) in [5.41, 5.74) is 0. The average Bonchev–Trinajstić information content (AvgIpc) is 2.31. The number of hydrogen-bond donors (Lipinski definition) is 1. The molecule has 3 nitrogen and oxygen atoms in total. The highest BCUT2D eigenvalue weighted by Crippen LogP contribution is 2.25. The minimum absolute atomic E-state index is 0.195. The Morgan fingerprint density at radius 3 is 2.88 bits per heavy atom. The Balaban J connectivity index is 2.67. The molecular formula is C12H17ClFNO2. The number of hydrogen-bond acceptors (Lipinski definition) is 3. The summed E-state index contributed by atoms with van der Waals surface area (Å²) >= 11 is 5.92. The number of nitrogens with one attached hydrogen (secondary N) is 1. The van der Waals surface area contributed by atoms with E-state index < -0.39 is 0 Å². The van der Waals surface area contributed by atoms with Crippen molar-refractivity contribution in [3.8, 4) is 5.75 Å². The number of halogens is 2. The molecule has 1 aromatic carbocycles. The minimum Gasteiger partial charge on any atom is -0.485 e. The van der Waals surface area contributed by atoms with Crippen LogP contribution in [0.25, 0.3) is 0 Å². The second-order valence-corrected chi connectivity index (χ2v) is 3.98. The van der Waals surface area contributed by atoms with Gasteiger partial charge >= 0.3 is 0 Å². The highest BCUT2D eigenvalue weighted by atomic mass is 35.5. The van der Waals surface area contributed by atoms with Crippen LogP contribution in [-0.4, -0.2) is 32.9 Å². The first kappa shape index (κ1) is 14.2. The quantitative estimate of drug-likeness (QED) is 0.818. The van der Waals surface area contributed by atoms with Crippen molar-refractivity contribution >= 4 is 11.6 Å². The van der Waals surface area contributed by atoms with Gasteiger partial charge in [0, 0.05) is 19.7 Å². The van der Waals surface area contributed by atoms with Crippen molar-refractivity contribution in [2.45, 2.75) is 13.0 Å². The van der Waals surface area contributed by atoms with E-state index in [2.05, 4.69) is 5.32 Å². The molecule has 0 saturated carbocycles. The molecule has 0 bridgehead atoms. The summed E-state index contributed by atoms with van der Waals surface area (Å²) in [6.07, 6.45) is -0.195. The molecule has 0 radical (unpaired) electrons. The number of benzene rings is 1. The Morgan fingerprint density at radius 2 is 2.24 bits per heavy atom. The van der Waals surface area contributed by atoms with Crippen molar-refractivity contribution in [3.05, 3.63) is 29.0 Å². The normalized spacial score (nSPS) is 12.5. The molecule has 0 aliphatic rings. The molecule has 1 unspecified atom stereocenters. The van der Waals surface area contributed by atoms with Crippen molar-refractivity contribution in [1.82, 2.24) is 5.32 Å². The highest BCUT2D eigenvalue weighted by Gasteiger charge is 2.12. The third-order valence-electron chi connectivity index (χ3n) is 2.16. The Bertz CT molecular complexity index is 349. The molecule has 0 heterocycles. The molecule has 1 N–H and O–H groups in total. The van der Waals surface area contributed by atoms with Crippen LogP contribution in [0.15, 0.2) is 18.2 Å². The second-order valence-electron chi connectivity index (χ2n) is 3.58. The Kier molecular flexibility index (Phi) is 6.26. The lowest BCUT2D eigenvalue weighted by molar-refractivity contribution is 0.0808. The summed E-state index contributed by atoms with van der Waals surface area (Å²) in [6, 6.07) is 4.05. The molecule has 0 saturated heterocycles. The SMILES string of the molecule is CCNCC(COC)Oc1cc(F)ccc1Cl. The minimum atomic E-state index is -0.371. The average molecular weight is 262 g/mol. The third kappa shape index (κ3) is 4.89. The maximum atomic E-state index is 13.0.